The van der Waals surface area contributed by atoms with Gasteiger partial charge in [-0.05, 0) is 52.2 Å². The highest BCUT2D eigenvalue weighted by atomic mass is 32.2. The van der Waals surface area contributed by atoms with Gasteiger partial charge in [-0.1, -0.05) is 87.5 Å². The lowest BCUT2D eigenvalue weighted by Crippen LogP contribution is -2.74. The smallest absolute Gasteiger partial charge is 0.261 e. The summed E-state index contributed by atoms with van der Waals surface area (Å²) in [6.45, 7) is 7.41. The maximum absolute atomic E-state index is 13.2. The van der Waals surface area contributed by atoms with Crippen molar-refractivity contribution in [3.8, 4) is 0 Å². The van der Waals surface area contributed by atoms with Crippen LogP contribution in [-0.4, -0.2) is 33.1 Å². The Morgan fingerprint density at radius 2 is 1.36 bits per heavy atom. The number of pyridine rings is 1. The molecule has 2 bridgehead atoms. The van der Waals surface area contributed by atoms with E-state index in [1.807, 2.05) is 12.1 Å². The lowest BCUT2D eigenvalue weighted by molar-refractivity contribution is -0.112. The maximum atomic E-state index is 13.2. The van der Waals surface area contributed by atoms with Crippen molar-refractivity contribution in [2.24, 2.45) is 5.41 Å². The highest BCUT2D eigenvalue weighted by Crippen LogP contribution is 2.72. The van der Waals surface area contributed by atoms with Gasteiger partial charge >= 0.3 is 0 Å². The molecular formula is C27H31NO3SSi. The van der Waals surface area contributed by atoms with Crippen LogP contribution in [0.1, 0.15) is 40.0 Å². The van der Waals surface area contributed by atoms with Crippen LogP contribution in [0.3, 0.4) is 0 Å². The van der Waals surface area contributed by atoms with E-state index >= 15 is 0 Å². The molecule has 0 aliphatic heterocycles. The molecular weight excluding hydrogens is 446 g/mol. The second-order valence-corrected chi connectivity index (χ2v) is 17.4. The summed E-state index contributed by atoms with van der Waals surface area (Å²) < 4.78 is 32.9. The average Bonchev–Trinajstić information content (AvgIpc) is 2.75. The summed E-state index contributed by atoms with van der Waals surface area (Å²) >= 11 is 0. The Labute approximate surface area is 198 Å². The molecule has 6 rings (SSSR count). The predicted molar refractivity (Wildman–Crippen MR) is 134 cm³/mol. The summed E-state index contributed by atoms with van der Waals surface area (Å²) in [6, 6.07) is 26.3. The van der Waals surface area contributed by atoms with Crippen molar-refractivity contribution in [2.45, 2.75) is 54.8 Å². The summed E-state index contributed by atoms with van der Waals surface area (Å²) in [5, 5.41) is 2.63. The van der Waals surface area contributed by atoms with Crippen molar-refractivity contribution in [1.29, 1.82) is 0 Å². The van der Waals surface area contributed by atoms with Gasteiger partial charge in [-0.2, -0.15) is 0 Å². The van der Waals surface area contributed by atoms with Crippen LogP contribution in [0.4, 0.5) is 0 Å². The highest BCUT2D eigenvalue weighted by molar-refractivity contribution is 7.93. The quantitative estimate of drug-likeness (QED) is 0.475. The van der Waals surface area contributed by atoms with Crippen molar-refractivity contribution in [2.75, 3.05) is 6.61 Å². The molecule has 6 heteroatoms. The van der Waals surface area contributed by atoms with Crippen LogP contribution in [0.15, 0.2) is 90.1 Å². The second-order valence-electron chi connectivity index (χ2n) is 10.8. The molecule has 0 amide bonds. The summed E-state index contributed by atoms with van der Waals surface area (Å²) in [6.07, 6.45) is 3.55. The number of hydrogen-bond acceptors (Lipinski definition) is 4. The zero-order valence-electron chi connectivity index (χ0n) is 19.5. The number of benzene rings is 2. The van der Waals surface area contributed by atoms with Gasteiger partial charge in [0, 0.05) is 12.8 Å². The summed E-state index contributed by atoms with van der Waals surface area (Å²) in [5.74, 6) is 0. The van der Waals surface area contributed by atoms with E-state index in [0.717, 1.165) is 0 Å². The van der Waals surface area contributed by atoms with Crippen molar-refractivity contribution >= 4 is 28.5 Å². The molecule has 2 aromatic carbocycles. The van der Waals surface area contributed by atoms with Gasteiger partial charge in [-0.25, -0.2) is 13.4 Å². The fourth-order valence-corrected chi connectivity index (χ4v) is 13.2. The van der Waals surface area contributed by atoms with Gasteiger partial charge in [0.05, 0.1) is 4.75 Å². The molecule has 0 radical (unpaired) electrons. The van der Waals surface area contributed by atoms with E-state index in [9.17, 15) is 8.42 Å². The standard InChI is InChI=1S/C27H31NO3SSi/c1-25(2,3)33(22-12-6-4-7-13-22,23-14-8-5-9-15-23)31-21-26-18-27(19-26,20-26)32(29,30)24-16-10-11-17-28-24/h4-17H,18-21H2,1-3H3. The minimum Gasteiger partial charge on any atom is -0.407 e. The molecule has 3 aliphatic rings. The SMILES string of the molecule is CC(C)(C)[Si](OCC12CC(S(=O)(=O)c3ccccn3)(C1)C2)(c1ccccc1)c1ccccc1. The Hall–Kier alpha value is -2.28. The molecule has 0 saturated heterocycles. The van der Waals surface area contributed by atoms with E-state index in [1.54, 1.807) is 24.4 Å². The normalized spacial score (nSPS) is 24.6. The van der Waals surface area contributed by atoms with Gasteiger partial charge in [0.15, 0.2) is 5.03 Å². The Kier molecular flexibility index (Phi) is 5.20. The second kappa shape index (κ2) is 7.62. The molecule has 1 aromatic heterocycles. The van der Waals surface area contributed by atoms with Crippen LogP contribution >= 0.6 is 0 Å². The molecule has 33 heavy (non-hydrogen) atoms. The van der Waals surface area contributed by atoms with E-state index < -0.39 is 22.9 Å². The number of nitrogens with zero attached hydrogens (tertiary/aromatic N) is 1. The van der Waals surface area contributed by atoms with Crippen molar-refractivity contribution in [3.05, 3.63) is 85.1 Å². The van der Waals surface area contributed by atoms with Crippen LogP contribution in [0.5, 0.6) is 0 Å². The third kappa shape index (κ3) is 3.34. The van der Waals surface area contributed by atoms with E-state index in [-0.39, 0.29) is 15.5 Å². The molecule has 172 valence electrons. The van der Waals surface area contributed by atoms with Gasteiger partial charge in [-0.15, -0.1) is 0 Å². The molecule has 0 spiro atoms. The first-order valence-corrected chi connectivity index (χ1v) is 14.9. The average molecular weight is 478 g/mol. The van der Waals surface area contributed by atoms with Crippen molar-refractivity contribution in [3.63, 3.8) is 0 Å². The first kappa shape index (κ1) is 22.5. The van der Waals surface area contributed by atoms with Crippen LogP contribution in [0.2, 0.25) is 5.04 Å². The molecule has 0 unspecified atom stereocenters. The van der Waals surface area contributed by atoms with Crippen LogP contribution in [-0.2, 0) is 14.3 Å². The van der Waals surface area contributed by atoms with Crippen LogP contribution in [0.25, 0.3) is 0 Å². The van der Waals surface area contributed by atoms with Crippen molar-refractivity contribution < 1.29 is 12.8 Å². The number of hydrogen-bond donors (Lipinski definition) is 0. The molecule has 0 atom stereocenters. The predicted octanol–water partition coefficient (Wildman–Crippen LogP) is 4.35. The van der Waals surface area contributed by atoms with Gasteiger partial charge in [0.2, 0.25) is 9.84 Å². The molecule has 3 aliphatic carbocycles. The van der Waals surface area contributed by atoms with Gasteiger partial charge in [0.25, 0.3) is 8.32 Å². The fourth-order valence-electron chi connectivity index (χ4n) is 6.08. The summed E-state index contributed by atoms with van der Waals surface area (Å²) in [7, 11) is -6.03. The Bertz CT molecular complexity index is 1180. The molecule has 0 N–H and O–H groups in total. The number of aromatic nitrogens is 1. The Morgan fingerprint density at radius 3 is 1.82 bits per heavy atom. The zero-order valence-corrected chi connectivity index (χ0v) is 21.3. The Balaban J connectivity index is 1.43. The number of sulfone groups is 1. The monoisotopic (exact) mass is 477 g/mol. The first-order valence-electron chi connectivity index (χ1n) is 11.6. The molecule has 3 fully saturated rings. The van der Waals surface area contributed by atoms with Gasteiger partial charge in [0.1, 0.15) is 0 Å². The topological polar surface area (TPSA) is 56.3 Å². The first-order chi connectivity index (χ1) is 15.6. The van der Waals surface area contributed by atoms with Gasteiger partial charge < -0.3 is 4.43 Å². The lowest BCUT2D eigenvalue weighted by atomic mass is 9.44. The minimum atomic E-state index is -3.42. The Morgan fingerprint density at radius 1 is 0.848 bits per heavy atom. The maximum Gasteiger partial charge on any atom is 0.261 e. The largest absolute Gasteiger partial charge is 0.407 e. The van der Waals surface area contributed by atoms with Crippen molar-refractivity contribution in [1.82, 2.24) is 4.98 Å². The molecule has 3 aromatic rings. The molecule has 4 nitrogen and oxygen atoms in total. The lowest BCUT2D eigenvalue weighted by Gasteiger charge is -2.69. The molecule has 3 saturated carbocycles. The van der Waals surface area contributed by atoms with Crippen LogP contribution < -0.4 is 10.4 Å². The summed E-state index contributed by atoms with van der Waals surface area (Å²) in [4.78, 5) is 4.13. The van der Waals surface area contributed by atoms with E-state index in [4.69, 9.17) is 4.43 Å². The third-order valence-corrected chi connectivity index (χ3v) is 14.9. The van der Waals surface area contributed by atoms with E-state index in [2.05, 4.69) is 74.3 Å². The number of rotatable bonds is 7. The van der Waals surface area contributed by atoms with E-state index in [0.29, 0.717) is 25.9 Å². The third-order valence-electron chi connectivity index (χ3n) is 7.59. The van der Waals surface area contributed by atoms with Crippen LogP contribution in [0, 0.1) is 5.41 Å². The zero-order chi connectivity index (χ0) is 23.4. The van der Waals surface area contributed by atoms with E-state index in [1.165, 1.54) is 10.4 Å². The summed E-state index contributed by atoms with van der Waals surface area (Å²) in [5.41, 5.74) is -0.0467. The van der Waals surface area contributed by atoms with Gasteiger partial charge in [-0.3, -0.25) is 0 Å². The fraction of sp³-hybridized carbons (Fsp3) is 0.370. The molecule has 1 heterocycles. The minimum absolute atomic E-state index is 0.0467. The highest BCUT2D eigenvalue weighted by Gasteiger charge is 2.74.